The summed E-state index contributed by atoms with van der Waals surface area (Å²) in [5, 5.41) is 5.33. The molecule has 0 aliphatic heterocycles. The van der Waals surface area contributed by atoms with Gasteiger partial charge >= 0.3 is 10.1 Å². The summed E-state index contributed by atoms with van der Waals surface area (Å²) >= 11 is 0. The van der Waals surface area contributed by atoms with Crippen LogP contribution in [0.2, 0.25) is 0 Å². The van der Waals surface area contributed by atoms with Crippen LogP contribution in [0.4, 0.5) is 0 Å². The molecule has 9 heteroatoms. The number of unbranched alkanes of at least 4 members (excludes halogenated alkanes) is 1. The fourth-order valence-electron chi connectivity index (χ4n) is 2.89. The average Bonchev–Trinajstić information content (AvgIpc) is 3.35. The Balaban J connectivity index is 1.78. The Morgan fingerprint density at radius 3 is 2.35 bits per heavy atom. The van der Waals surface area contributed by atoms with Gasteiger partial charge in [-0.25, -0.2) is 0 Å². The van der Waals surface area contributed by atoms with Crippen LogP contribution in [0.3, 0.4) is 0 Å². The van der Waals surface area contributed by atoms with E-state index in [0.29, 0.717) is 12.1 Å². The summed E-state index contributed by atoms with van der Waals surface area (Å²) in [6.45, 7) is 4.33. The molecule has 0 radical (unpaired) electrons. The van der Waals surface area contributed by atoms with Gasteiger partial charge in [-0.3, -0.25) is 9.59 Å². The Labute approximate surface area is 198 Å². The van der Waals surface area contributed by atoms with E-state index in [4.69, 9.17) is 8.60 Å². The zero-order valence-electron chi connectivity index (χ0n) is 18.9. The zero-order valence-corrected chi connectivity index (χ0v) is 19.7. The van der Waals surface area contributed by atoms with Gasteiger partial charge in [-0.15, -0.1) is 0 Å². The summed E-state index contributed by atoms with van der Waals surface area (Å²) in [7, 11) is -3.98. The maximum absolute atomic E-state index is 12.6. The molecule has 0 atom stereocenters. The number of rotatable bonds is 10. The van der Waals surface area contributed by atoms with Crippen LogP contribution >= 0.6 is 0 Å². The van der Waals surface area contributed by atoms with Gasteiger partial charge in [0.2, 0.25) is 0 Å². The summed E-state index contributed by atoms with van der Waals surface area (Å²) < 4.78 is 35.3. The second kappa shape index (κ2) is 11.3. The lowest BCUT2D eigenvalue weighted by molar-refractivity contribution is -0.117. The number of amides is 2. The first kappa shape index (κ1) is 24.8. The van der Waals surface area contributed by atoms with Gasteiger partial charge in [0.1, 0.15) is 16.3 Å². The summed E-state index contributed by atoms with van der Waals surface area (Å²) in [4.78, 5) is 25.1. The minimum atomic E-state index is -3.98. The molecule has 0 saturated heterocycles. The Hall–Kier alpha value is -3.85. The lowest BCUT2D eigenvalue weighted by Crippen LogP contribution is -2.35. The van der Waals surface area contributed by atoms with Crippen LogP contribution in [0.25, 0.3) is 6.08 Å². The Kier molecular flexibility index (Phi) is 8.26. The molecule has 34 heavy (non-hydrogen) atoms. The molecule has 0 spiro atoms. The van der Waals surface area contributed by atoms with Crippen LogP contribution in [0, 0.1) is 6.92 Å². The largest absolute Gasteiger partial charge is 0.459 e. The van der Waals surface area contributed by atoms with E-state index in [2.05, 4.69) is 10.6 Å². The maximum Gasteiger partial charge on any atom is 0.339 e. The third kappa shape index (κ3) is 6.82. The normalized spacial score (nSPS) is 11.6. The molecule has 2 aromatic carbocycles. The molecule has 0 aliphatic rings. The van der Waals surface area contributed by atoms with Gasteiger partial charge in [-0.2, -0.15) is 8.42 Å². The van der Waals surface area contributed by atoms with E-state index in [-0.39, 0.29) is 22.1 Å². The quantitative estimate of drug-likeness (QED) is 0.256. The lowest BCUT2D eigenvalue weighted by atomic mass is 10.1. The fourth-order valence-corrected chi connectivity index (χ4v) is 3.82. The topological polar surface area (TPSA) is 115 Å². The predicted octanol–water partition coefficient (Wildman–Crippen LogP) is 4.04. The molecule has 0 fully saturated rings. The fraction of sp³-hybridized carbons (Fsp3) is 0.200. The summed E-state index contributed by atoms with van der Waals surface area (Å²) in [5.74, 6) is -0.828. The van der Waals surface area contributed by atoms with Gasteiger partial charge in [0, 0.05) is 6.54 Å². The van der Waals surface area contributed by atoms with E-state index >= 15 is 0 Å². The molecule has 8 nitrogen and oxygen atoms in total. The van der Waals surface area contributed by atoms with E-state index in [0.717, 1.165) is 18.4 Å². The average molecular weight is 483 g/mol. The van der Waals surface area contributed by atoms with Crippen LogP contribution in [-0.4, -0.2) is 26.8 Å². The molecule has 0 saturated carbocycles. The number of hydrogen-bond acceptors (Lipinski definition) is 6. The molecular weight excluding hydrogens is 456 g/mol. The number of benzene rings is 2. The van der Waals surface area contributed by atoms with Crippen LogP contribution in [0.15, 0.2) is 81.9 Å². The molecule has 3 rings (SSSR count). The van der Waals surface area contributed by atoms with Crippen molar-refractivity contribution in [1.82, 2.24) is 10.6 Å². The second-order valence-electron chi connectivity index (χ2n) is 7.52. The van der Waals surface area contributed by atoms with Crippen molar-refractivity contribution in [3.05, 3.63) is 89.5 Å². The van der Waals surface area contributed by atoms with Gasteiger partial charge in [0.15, 0.2) is 5.76 Å². The first-order valence-electron chi connectivity index (χ1n) is 10.7. The molecule has 0 bridgehead atoms. The maximum atomic E-state index is 12.6. The third-order valence-corrected chi connectivity index (χ3v) is 6.02. The summed E-state index contributed by atoms with van der Waals surface area (Å²) in [6.07, 6.45) is 4.56. The zero-order chi connectivity index (χ0) is 24.6. The van der Waals surface area contributed by atoms with Crippen LogP contribution in [-0.2, 0) is 14.9 Å². The Morgan fingerprint density at radius 2 is 1.74 bits per heavy atom. The van der Waals surface area contributed by atoms with Gasteiger partial charge in [0.05, 0.1) is 6.26 Å². The van der Waals surface area contributed by atoms with Crippen molar-refractivity contribution in [2.45, 2.75) is 31.6 Å². The van der Waals surface area contributed by atoms with Crippen molar-refractivity contribution in [3.63, 3.8) is 0 Å². The van der Waals surface area contributed by atoms with Crippen LogP contribution in [0.5, 0.6) is 5.75 Å². The molecule has 3 aromatic rings. The SMILES string of the molecule is CCCCNC(=O)/C(=C/c1ccc(OS(=O)(=O)c2ccc(C)cc2)cc1)NC(=O)c1ccco1. The minimum absolute atomic E-state index is 0.0263. The number of hydrogen-bond donors (Lipinski definition) is 2. The number of carbonyl (C=O) groups excluding carboxylic acids is 2. The minimum Gasteiger partial charge on any atom is -0.459 e. The van der Waals surface area contributed by atoms with Gasteiger partial charge < -0.3 is 19.2 Å². The molecule has 2 amide bonds. The molecule has 1 heterocycles. The third-order valence-electron chi connectivity index (χ3n) is 4.76. The van der Waals surface area contributed by atoms with Crippen molar-refractivity contribution < 1.29 is 26.6 Å². The molecular formula is C25H26N2O6S. The molecule has 2 N–H and O–H groups in total. The second-order valence-corrected chi connectivity index (χ2v) is 9.06. The van der Waals surface area contributed by atoms with E-state index < -0.39 is 21.9 Å². The highest BCUT2D eigenvalue weighted by Crippen LogP contribution is 2.20. The smallest absolute Gasteiger partial charge is 0.339 e. The van der Waals surface area contributed by atoms with E-state index in [9.17, 15) is 18.0 Å². The summed E-state index contributed by atoms with van der Waals surface area (Å²) in [6, 6.07) is 15.5. The monoisotopic (exact) mass is 482 g/mol. The van der Waals surface area contributed by atoms with Crippen molar-refractivity contribution >= 4 is 28.0 Å². The highest BCUT2D eigenvalue weighted by Gasteiger charge is 2.18. The van der Waals surface area contributed by atoms with Crippen LogP contribution < -0.4 is 14.8 Å². The molecule has 1 aromatic heterocycles. The van der Waals surface area contributed by atoms with Crippen LogP contribution in [0.1, 0.15) is 41.4 Å². The number of furan rings is 1. The first-order valence-corrected chi connectivity index (χ1v) is 12.2. The Morgan fingerprint density at radius 1 is 1.03 bits per heavy atom. The lowest BCUT2D eigenvalue weighted by Gasteiger charge is -2.11. The van der Waals surface area contributed by atoms with E-state index in [1.165, 1.54) is 42.7 Å². The standard InChI is InChI=1S/C25H26N2O6S/c1-3-4-15-26-24(28)22(27-25(29)23-6-5-16-32-23)17-19-9-11-20(12-10-19)33-34(30,31)21-13-7-18(2)8-14-21/h5-14,16-17H,3-4,15H2,1-2H3,(H,26,28)(H,27,29)/b22-17-. The van der Waals surface area contributed by atoms with Gasteiger partial charge in [-0.05, 0) is 61.4 Å². The number of aryl methyl sites for hydroxylation is 1. The van der Waals surface area contributed by atoms with E-state index in [1.54, 1.807) is 30.3 Å². The van der Waals surface area contributed by atoms with Crippen molar-refractivity contribution in [2.75, 3.05) is 6.54 Å². The van der Waals surface area contributed by atoms with Gasteiger partial charge in [0.25, 0.3) is 11.8 Å². The highest BCUT2D eigenvalue weighted by molar-refractivity contribution is 7.87. The number of nitrogens with one attached hydrogen (secondary N) is 2. The highest BCUT2D eigenvalue weighted by atomic mass is 32.2. The van der Waals surface area contributed by atoms with Gasteiger partial charge in [-0.1, -0.05) is 43.2 Å². The Bertz CT molecular complexity index is 1250. The van der Waals surface area contributed by atoms with Crippen molar-refractivity contribution in [3.8, 4) is 5.75 Å². The molecule has 0 unspecified atom stereocenters. The van der Waals surface area contributed by atoms with Crippen molar-refractivity contribution in [2.24, 2.45) is 0 Å². The predicted molar refractivity (Wildman–Crippen MR) is 128 cm³/mol. The van der Waals surface area contributed by atoms with Crippen molar-refractivity contribution in [1.29, 1.82) is 0 Å². The molecule has 178 valence electrons. The number of carbonyl (C=O) groups is 2. The van der Waals surface area contributed by atoms with E-state index in [1.807, 2.05) is 13.8 Å². The summed E-state index contributed by atoms with van der Waals surface area (Å²) in [5.41, 5.74) is 1.52. The first-order chi connectivity index (χ1) is 16.3. The molecule has 0 aliphatic carbocycles.